The average Bonchev–Trinajstić information content (AvgIpc) is 3.20. The van der Waals surface area contributed by atoms with E-state index in [9.17, 15) is 4.79 Å². The maximum absolute atomic E-state index is 12.3. The van der Waals surface area contributed by atoms with Crippen LogP contribution in [0.15, 0.2) is 28.9 Å². The Kier molecular flexibility index (Phi) is 6.21. The molecule has 9 heteroatoms. The van der Waals surface area contributed by atoms with Crippen LogP contribution in [-0.2, 0) is 4.74 Å². The Balaban J connectivity index is 1.10. The number of carbonyl (C=O) groups excluding carboxylic acids is 1. The van der Waals surface area contributed by atoms with Crippen LogP contribution in [0.2, 0.25) is 0 Å². The van der Waals surface area contributed by atoms with E-state index in [1.807, 2.05) is 32.9 Å². The molecule has 0 bridgehead atoms. The average molecular weight is 496 g/mol. The zero-order valence-electron chi connectivity index (χ0n) is 22.2. The first-order chi connectivity index (χ1) is 17.0. The fraction of sp³-hybridized carbons (Fsp3) is 0.630. The lowest BCUT2D eigenvalue weighted by molar-refractivity contribution is 0.0270. The fourth-order valence-electron chi connectivity index (χ4n) is 5.32. The third kappa shape index (κ3) is 4.92. The van der Waals surface area contributed by atoms with Crippen molar-refractivity contribution in [3.63, 3.8) is 0 Å². The molecule has 36 heavy (non-hydrogen) atoms. The standard InChI is InChI=1S/C27H37N5O4/c1-17(2)23-29-24(36-30-23)32-14-20-21(27(20,6)16-32)15-34-19-7-8-22(28-13-19)18-9-11-31(12-10-18)25(33)35-26(3,4)5/h7-9,13,17,20-21H,10-12,14-16H2,1-6H3. The summed E-state index contributed by atoms with van der Waals surface area (Å²) in [5, 5.41) is 4.10. The van der Waals surface area contributed by atoms with Crippen LogP contribution in [0.25, 0.3) is 5.57 Å². The minimum absolute atomic E-state index is 0.215. The Bertz CT molecular complexity index is 1140. The Morgan fingerprint density at radius 3 is 2.67 bits per heavy atom. The number of pyridine rings is 1. The molecule has 9 nitrogen and oxygen atoms in total. The highest BCUT2D eigenvalue weighted by molar-refractivity contribution is 5.72. The first-order valence-electron chi connectivity index (χ1n) is 12.9. The van der Waals surface area contributed by atoms with Gasteiger partial charge in [0.1, 0.15) is 11.4 Å². The number of hydrogen-bond donors (Lipinski definition) is 0. The summed E-state index contributed by atoms with van der Waals surface area (Å²) in [7, 11) is 0. The molecule has 2 aromatic rings. The van der Waals surface area contributed by atoms with Crippen molar-refractivity contribution in [3.8, 4) is 5.75 Å². The first kappa shape index (κ1) is 24.6. The molecule has 1 amide bonds. The summed E-state index contributed by atoms with van der Waals surface area (Å²) in [4.78, 5) is 25.4. The topological polar surface area (TPSA) is 93.8 Å². The van der Waals surface area contributed by atoms with Gasteiger partial charge in [0.2, 0.25) is 0 Å². The van der Waals surface area contributed by atoms with Crippen molar-refractivity contribution in [1.82, 2.24) is 20.0 Å². The fourth-order valence-corrected chi connectivity index (χ4v) is 5.32. The van der Waals surface area contributed by atoms with Crippen LogP contribution in [0.4, 0.5) is 10.8 Å². The molecule has 2 aliphatic heterocycles. The Labute approximate surface area is 212 Å². The third-order valence-electron chi connectivity index (χ3n) is 7.59. The maximum Gasteiger partial charge on any atom is 0.410 e. The highest BCUT2D eigenvalue weighted by Crippen LogP contribution is 2.63. The lowest BCUT2D eigenvalue weighted by atomic mass is 10.0. The van der Waals surface area contributed by atoms with E-state index in [1.165, 1.54) is 0 Å². The SMILES string of the molecule is CC(C)c1noc(N2CC3C(COc4ccc(C5=CCN(C(=O)OC(C)(C)C)CC5)nc4)C3(C)C2)n1. The van der Waals surface area contributed by atoms with Crippen LogP contribution in [0, 0.1) is 17.3 Å². The highest BCUT2D eigenvalue weighted by Gasteiger charge is 2.66. The smallest absolute Gasteiger partial charge is 0.410 e. The van der Waals surface area contributed by atoms with Crippen molar-refractivity contribution < 1.29 is 18.8 Å². The van der Waals surface area contributed by atoms with E-state index in [0.717, 1.165) is 42.4 Å². The molecule has 1 saturated carbocycles. The van der Waals surface area contributed by atoms with Gasteiger partial charge in [-0.3, -0.25) is 4.98 Å². The molecule has 2 fully saturated rings. The Hall–Kier alpha value is -3.10. The minimum atomic E-state index is -0.486. The number of aromatic nitrogens is 3. The predicted octanol–water partition coefficient (Wildman–Crippen LogP) is 4.76. The lowest BCUT2D eigenvalue weighted by Crippen LogP contribution is -2.39. The summed E-state index contributed by atoms with van der Waals surface area (Å²) in [6, 6.07) is 4.63. The van der Waals surface area contributed by atoms with Gasteiger partial charge in [0, 0.05) is 38.0 Å². The molecule has 0 aromatic carbocycles. The molecular weight excluding hydrogens is 458 g/mol. The number of ether oxygens (including phenoxy) is 2. The number of amides is 1. The van der Waals surface area contributed by atoms with Crippen LogP contribution in [-0.4, -0.2) is 64.5 Å². The van der Waals surface area contributed by atoms with Crippen LogP contribution in [0.5, 0.6) is 5.75 Å². The van der Waals surface area contributed by atoms with Crippen molar-refractivity contribution in [3.05, 3.63) is 35.9 Å². The van der Waals surface area contributed by atoms with Gasteiger partial charge in [-0.2, -0.15) is 4.98 Å². The molecule has 2 aromatic heterocycles. The second-order valence-electron chi connectivity index (χ2n) is 11.8. The molecule has 3 atom stereocenters. The summed E-state index contributed by atoms with van der Waals surface area (Å²) in [5.74, 6) is 2.89. The molecule has 0 spiro atoms. The van der Waals surface area contributed by atoms with Crippen molar-refractivity contribution >= 4 is 17.7 Å². The summed E-state index contributed by atoms with van der Waals surface area (Å²) in [6.45, 7) is 15.8. The van der Waals surface area contributed by atoms with Crippen LogP contribution < -0.4 is 9.64 Å². The van der Waals surface area contributed by atoms with Gasteiger partial charge in [-0.15, -0.1) is 0 Å². The molecule has 3 unspecified atom stereocenters. The molecule has 5 rings (SSSR count). The van der Waals surface area contributed by atoms with E-state index in [1.54, 1.807) is 11.1 Å². The third-order valence-corrected chi connectivity index (χ3v) is 7.59. The van der Waals surface area contributed by atoms with Gasteiger partial charge >= 0.3 is 12.1 Å². The number of hydrogen-bond acceptors (Lipinski definition) is 8. The van der Waals surface area contributed by atoms with E-state index >= 15 is 0 Å². The van der Waals surface area contributed by atoms with E-state index in [4.69, 9.17) is 14.0 Å². The molecule has 1 saturated heterocycles. The van der Waals surface area contributed by atoms with E-state index in [2.05, 4.69) is 46.9 Å². The number of anilines is 1. The van der Waals surface area contributed by atoms with Gasteiger partial charge in [0.25, 0.3) is 0 Å². The normalized spacial score (nSPS) is 25.6. The molecule has 4 heterocycles. The molecule has 0 radical (unpaired) electrons. The first-order valence-corrected chi connectivity index (χ1v) is 12.9. The largest absolute Gasteiger partial charge is 0.492 e. The van der Waals surface area contributed by atoms with Crippen LogP contribution >= 0.6 is 0 Å². The summed E-state index contributed by atoms with van der Waals surface area (Å²) in [5.41, 5.74) is 1.80. The number of piperidine rings is 1. The van der Waals surface area contributed by atoms with E-state index in [0.29, 0.717) is 37.5 Å². The van der Waals surface area contributed by atoms with Crippen molar-refractivity contribution in [2.75, 3.05) is 37.7 Å². The summed E-state index contributed by atoms with van der Waals surface area (Å²) in [6.07, 6.45) is 4.34. The minimum Gasteiger partial charge on any atom is -0.492 e. The molecule has 3 aliphatic rings. The van der Waals surface area contributed by atoms with Gasteiger partial charge in [-0.1, -0.05) is 32.0 Å². The lowest BCUT2D eigenvalue weighted by Gasteiger charge is -2.29. The van der Waals surface area contributed by atoms with Gasteiger partial charge in [-0.05, 0) is 56.2 Å². The number of fused-ring (bicyclic) bond motifs is 1. The second-order valence-corrected chi connectivity index (χ2v) is 11.8. The van der Waals surface area contributed by atoms with Gasteiger partial charge < -0.3 is 23.8 Å². The van der Waals surface area contributed by atoms with Crippen molar-refractivity contribution in [2.45, 2.75) is 59.5 Å². The zero-order chi connectivity index (χ0) is 25.7. The molecule has 194 valence electrons. The second kappa shape index (κ2) is 9.09. The molecule has 1 aliphatic carbocycles. The predicted molar refractivity (Wildman–Crippen MR) is 136 cm³/mol. The maximum atomic E-state index is 12.3. The summed E-state index contributed by atoms with van der Waals surface area (Å²) >= 11 is 0. The Morgan fingerprint density at radius 1 is 1.31 bits per heavy atom. The summed E-state index contributed by atoms with van der Waals surface area (Å²) < 4.78 is 17.1. The number of carbonyl (C=O) groups is 1. The highest BCUT2D eigenvalue weighted by atomic mass is 16.6. The van der Waals surface area contributed by atoms with Crippen molar-refractivity contribution in [1.29, 1.82) is 0 Å². The monoisotopic (exact) mass is 495 g/mol. The van der Waals surface area contributed by atoms with Gasteiger partial charge in [-0.25, -0.2) is 4.79 Å². The molecular formula is C27H37N5O4. The van der Waals surface area contributed by atoms with E-state index < -0.39 is 5.60 Å². The van der Waals surface area contributed by atoms with Crippen molar-refractivity contribution in [2.24, 2.45) is 17.3 Å². The molecule has 0 N–H and O–H groups in total. The van der Waals surface area contributed by atoms with E-state index in [-0.39, 0.29) is 17.4 Å². The zero-order valence-corrected chi connectivity index (χ0v) is 22.2. The van der Waals surface area contributed by atoms with Crippen LogP contribution in [0.3, 0.4) is 0 Å². The number of nitrogens with zero attached hydrogens (tertiary/aromatic N) is 5. The van der Waals surface area contributed by atoms with Gasteiger partial charge in [0.15, 0.2) is 5.82 Å². The van der Waals surface area contributed by atoms with Crippen LogP contribution in [0.1, 0.15) is 65.4 Å². The Morgan fingerprint density at radius 2 is 2.11 bits per heavy atom. The van der Waals surface area contributed by atoms with Gasteiger partial charge in [0.05, 0.1) is 18.5 Å². The number of rotatable bonds is 6. The quantitative estimate of drug-likeness (QED) is 0.566.